The number of aromatic nitrogens is 3. The van der Waals surface area contributed by atoms with Gasteiger partial charge in [0.15, 0.2) is 5.82 Å². The van der Waals surface area contributed by atoms with Crippen LogP contribution in [0, 0.1) is 5.92 Å². The molecule has 1 saturated carbocycles. The van der Waals surface area contributed by atoms with Crippen LogP contribution in [0.5, 0.6) is 0 Å². The highest BCUT2D eigenvalue weighted by molar-refractivity contribution is 5.05. The summed E-state index contributed by atoms with van der Waals surface area (Å²) in [6, 6.07) is 0. The predicted molar refractivity (Wildman–Crippen MR) is 65.5 cm³/mol. The Balaban J connectivity index is 2.20. The van der Waals surface area contributed by atoms with E-state index in [0.29, 0.717) is 12.5 Å². The van der Waals surface area contributed by atoms with Crippen molar-refractivity contribution in [3.8, 4) is 0 Å². The van der Waals surface area contributed by atoms with Crippen molar-refractivity contribution in [2.75, 3.05) is 13.7 Å². The van der Waals surface area contributed by atoms with Gasteiger partial charge in [-0.05, 0) is 31.7 Å². The molecule has 5 nitrogen and oxygen atoms in total. The third-order valence-electron chi connectivity index (χ3n) is 3.67. The maximum absolute atomic E-state index is 5.75. The lowest BCUT2D eigenvalue weighted by Gasteiger charge is -2.36. The summed E-state index contributed by atoms with van der Waals surface area (Å²) < 4.78 is 5.75. The standard InChI is InChI=1S/C12H22N4O/c1-9-4-3-6-12(8-9,17-2)11-14-10(5-7-13)15-16-11/h9H,3-8,13H2,1-2H3,(H,14,15,16). The molecule has 5 heteroatoms. The van der Waals surface area contributed by atoms with Gasteiger partial charge in [0.25, 0.3) is 0 Å². The van der Waals surface area contributed by atoms with E-state index in [1.807, 2.05) is 0 Å². The van der Waals surface area contributed by atoms with Gasteiger partial charge in [0.2, 0.25) is 0 Å². The SMILES string of the molecule is COC1(c2n[nH]c(CCN)n2)CCCC(C)C1. The van der Waals surface area contributed by atoms with Gasteiger partial charge in [0.05, 0.1) is 0 Å². The Morgan fingerprint density at radius 2 is 2.41 bits per heavy atom. The van der Waals surface area contributed by atoms with E-state index in [1.165, 1.54) is 12.8 Å². The minimum Gasteiger partial charge on any atom is -0.370 e. The molecule has 1 aliphatic rings. The Morgan fingerprint density at radius 1 is 1.59 bits per heavy atom. The molecule has 3 N–H and O–H groups in total. The summed E-state index contributed by atoms with van der Waals surface area (Å²) in [5.41, 5.74) is 5.23. The van der Waals surface area contributed by atoms with Gasteiger partial charge >= 0.3 is 0 Å². The molecule has 0 amide bonds. The fourth-order valence-electron chi connectivity index (χ4n) is 2.73. The molecule has 2 rings (SSSR count). The van der Waals surface area contributed by atoms with Crippen molar-refractivity contribution in [3.05, 3.63) is 11.6 Å². The Kier molecular flexibility index (Phi) is 3.79. The summed E-state index contributed by atoms with van der Waals surface area (Å²) in [6.07, 6.45) is 5.19. The number of aromatic amines is 1. The molecule has 96 valence electrons. The van der Waals surface area contributed by atoms with Gasteiger partial charge in [-0.25, -0.2) is 4.98 Å². The molecular formula is C12H22N4O. The number of nitrogens with one attached hydrogen (secondary N) is 1. The van der Waals surface area contributed by atoms with Gasteiger partial charge in [0.1, 0.15) is 11.4 Å². The fourth-order valence-corrected chi connectivity index (χ4v) is 2.73. The second kappa shape index (κ2) is 5.14. The highest BCUT2D eigenvalue weighted by atomic mass is 16.5. The Bertz CT molecular complexity index is 365. The molecule has 2 unspecified atom stereocenters. The smallest absolute Gasteiger partial charge is 0.182 e. The zero-order valence-electron chi connectivity index (χ0n) is 10.7. The van der Waals surface area contributed by atoms with E-state index < -0.39 is 0 Å². The topological polar surface area (TPSA) is 76.8 Å². The Hall–Kier alpha value is -0.940. The average Bonchev–Trinajstić information content (AvgIpc) is 2.78. The van der Waals surface area contributed by atoms with E-state index in [-0.39, 0.29) is 5.60 Å². The monoisotopic (exact) mass is 238 g/mol. The summed E-state index contributed by atoms with van der Waals surface area (Å²) in [5.74, 6) is 2.33. The average molecular weight is 238 g/mol. The van der Waals surface area contributed by atoms with Gasteiger partial charge in [-0.1, -0.05) is 13.3 Å². The molecule has 2 atom stereocenters. The minimum absolute atomic E-state index is 0.291. The number of H-pyrrole nitrogens is 1. The van der Waals surface area contributed by atoms with E-state index in [9.17, 15) is 0 Å². The van der Waals surface area contributed by atoms with Crippen LogP contribution in [0.15, 0.2) is 0 Å². The third-order valence-corrected chi connectivity index (χ3v) is 3.67. The second-order valence-corrected chi connectivity index (χ2v) is 5.04. The number of methoxy groups -OCH3 is 1. The molecule has 1 fully saturated rings. The Morgan fingerprint density at radius 3 is 3.06 bits per heavy atom. The summed E-state index contributed by atoms with van der Waals surface area (Å²) in [5, 5.41) is 7.28. The number of rotatable bonds is 4. The first-order valence-electron chi connectivity index (χ1n) is 6.37. The fraction of sp³-hybridized carbons (Fsp3) is 0.833. The van der Waals surface area contributed by atoms with Gasteiger partial charge in [-0.3, -0.25) is 5.10 Å². The van der Waals surface area contributed by atoms with Crippen LogP contribution in [-0.2, 0) is 16.8 Å². The van der Waals surface area contributed by atoms with Crippen LogP contribution in [0.1, 0.15) is 44.3 Å². The van der Waals surface area contributed by atoms with Crippen LogP contribution in [0.3, 0.4) is 0 Å². The normalized spacial score (nSPS) is 29.5. The lowest BCUT2D eigenvalue weighted by atomic mass is 9.78. The van der Waals surface area contributed by atoms with Crippen molar-refractivity contribution >= 4 is 0 Å². The third kappa shape index (κ3) is 2.50. The van der Waals surface area contributed by atoms with Crippen LogP contribution in [-0.4, -0.2) is 28.8 Å². The van der Waals surface area contributed by atoms with Gasteiger partial charge in [-0.2, -0.15) is 5.10 Å². The number of ether oxygens (including phenoxy) is 1. The minimum atomic E-state index is -0.291. The largest absolute Gasteiger partial charge is 0.370 e. The highest BCUT2D eigenvalue weighted by Crippen LogP contribution is 2.40. The van der Waals surface area contributed by atoms with E-state index in [1.54, 1.807) is 7.11 Å². The molecule has 1 aliphatic carbocycles. The van der Waals surface area contributed by atoms with Crippen LogP contribution in [0.25, 0.3) is 0 Å². The van der Waals surface area contributed by atoms with Crippen molar-refractivity contribution in [2.24, 2.45) is 11.7 Å². The zero-order chi connectivity index (χ0) is 12.3. The maximum atomic E-state index is 5.75. The Labute approximate surface area is 102 Å². The molecule has 0 radical (unpaired) electrons. The van der Waals surface area contributed by atoms with E-state index in [2.05, 4.69) is 22.1 Å². The molecule has 17 heavy (non-hydrogen) atoms. The van der Waals surface area contributed by atoms with E-state index >= 15 is 0 Å². The van der Waals surface area contributed by atoms with E-state index in [4.69, 9.17) is 10.5 Å². The molecule has 1 aromatic heterocycles. The number of hydrogen-bond donors (Lipinski definition) is 2. The predicted octanol–water partition coefficient (Wildman–Crippen LogP) is 1.36. The summed E-state index contributed by atoms with van der Waals surface area (Å²) in [7, 11) is 1.76. The van der Waals surface area contributed by atoms with Crippen molar-refractivity contribution in [3.63, 3.8) is 0 Å². The molecule has 0 spiro atoms. The number of hydrogen-bond acceptors (Lipinski definition) is 4. The molecule has 1 aromatic rings. The first-order chi connectivity index (χ1) is 8.20. The zero-order valence-corrected chi connectivity index (χ0v) is 10.7. The first kappa shape index (κ1) is 12.5. The van der Waals surface area contributed by atoms with Crippen molar-refractivity contribution < 1.29 is 4.74 Å². The van der Waals surface area contributed by atoms with Crippen molar-refractivity contribution in [2.45, 2.75) is 44.6 Å². The lowest BCUT2D eigenvalue weighted by molar-refractivity contribution is -0.0644. The molecule has 0 aliphatic heterocycles. The van der Waals surface area contributed by atoms with Gasteiger partial charge in [0, 0.05) is 13.5 Å². The van der Waals surface area contributed by atoms with Crippen LogP contribution in [0.4, 0.5) is 0 Å². The van der Waals surface area contributed by atoms with Crippen molar-refractivity contribution in [1.29, 1.82) is 0 Å². The van der Waals surface area contributed by atoms with Crippen molar-refractivity contribution in [1.82, 2.24) is 15.2 Å². The maximum Gasteiger partial charge on any atom is 0.182 e. The first-order valence-corrected chi connectivity index (χ1v) is 6.37. The molecular weight excluding hydrogens is 216 g/mol. The van der Waals surface area contributed by atoms with Crippen LogP contribution < -0.4 is 5.73 Å². The highest BCUT2D eigenvalue weighted by Gasteiger charge is 2.40. The van der Waals surface area contributed by atoms with E-state index in [0.717, 1.165) is 30.9 Å². The lowest BCUT2D eigenvalue weighted by Crippen LogP contribution is -2.35. The molecule has 0 saturated heterocycles. The molecule has 1 heterocycles. The summed E-state index contributed by atoms with van der Waals surface area (Å²) in [6.45, 7) is 2.85. The van der Waals surface area contributed by atoms with Crippen LogP contribution in [0.2, 0.25) is 0 Å². The summed E-state index contributed by atoms with van der Waals surface area (Å²) >= 11 is 0. The second-order valence-electron chi connectivity index (χ2n) is 5.04. The van der Waals surface area contributed by atoms with Crippen LogP contribution >= 0.6 is 0 Å². The molecule has 0 aromatic carbocycles. The summed E-state index contributed by atoms with van der Waals surface area (Å²) in [4.78, 5) is 4.53. The van der Waals surface area contributed by atoms with Gasteiger partial charge in [-0.15, -0.1) is 0 Å². The quantitative estimate of drug-likeness (QED) is 0.830. The number of nitrogens with zero attached hydrogens (tertiary/aromatic N) is 2. The van der Waals surface area contributed by atoms with Gasteiger partial charge < -0.3 is 10.5 Å². The number of nitrogens with two attached hydrogens (primary N) is 1. The molecule has 0 bridgehead atoms.